The summed E-state index contributed by atoms with van der Waals surface area (Å²) in [6.45, 7) is 0.127. The lowest BCUT2D eigenvalue weighted by atomic mass is 10.1. The maximum Gasteiger partial charge on any atom is 0.407 e. The number of hydrogen-bond acceptors (Lipinski definition) is 3. The fourth-order valence-electron chi connectivity index (χ4n) is 1.46. The molecule has 100 valence electrons. The number of carbonyl (C=O) groups excluding carboxylic acids is 1. The number of amides is 1. The Bertz CT molecular complexity index is 464. The molecule has 1 aromatic rings. The van der Waals surface area contributed by atoms with Gasteiger partial charge in [-0.25, -0.2) is 4.79 Å². The van der Waals surface area contributed by atoms with E-state index in [1.165, 1.54) is 0 Å². The monoisotopic (exact) mass is 261 g/mol. The number of terminal acetylenes is 1. The lowest BCUT2D eigenvalue weighted by Crippen LogP contribution is -2.36. The Kier molecular flexibility index (Phi) is 5.96. The molecule has 0 aliphatic heterocycles. The third-order valence-electron chi connectivity index (χ3n) is 2.32. The smallest absolute Gasteiger partial charge is 0.407 e. The molecule has 0 unspecified atom stereocenters. The van der Waals surface area contributed by atoms with Crippen LogP contribution in [0.3, 0.4) is 0 Å². The molecule has 5 heteroatoms. The Hall–Kier alpha value is -2.48. The van der Waals surface area contributed by atoms with Crippen molar-refractivity contribution < 1.29 is 19.4 Å². The number of aliphatic carboxylic acids is 1. The molecule has 2 N–H and O–H groups in total. The minimum atomic E-state index is -1.02. The van der Waals surface area contributed by atoms with Gasteiger partial charge in [-0.1, -0.05) is 30.3 Å². The first-order valence-electron chi connectivity index (χ1n) is 5.74. The van der Waals surface area contributed by atoms with Crippen LogP contribution in [-0.2, 0) is 16.1 Å². The first kappa shape index (κ1) is 14.6. The summed E-state index contributed by atoms with van der Waals surface area (Å²) >= 11 is 0. The van der Waals surface area contributed by atoms with Crippen molar-refractivity contribution in [2.24, 2.45) is 0 Å². The van der Waals surface area contributed by atoms with Gasteiger partial charge in [0.2, 0.25) is 0 Å². The molecule has 0 saturated carbocycles. The van der Waals surface area contributed by atoms with Crippen molar-refractivity contribution >= 4 is 12.1 Å². The van der Waals surface area contributed by atoms with E-state index in [4.69, 9.17) is 16.3 Å². The summed E-state index contributed by atoms with van der Waals surface area (Å²) in [6, 6.07) is 8.56. The summed E-state index contributed by atoms with van der Waals surface area (Å²) in [7, 11) is 0. The van der Waals surface area contributed by atoms with E-state index < -0.39 is 18.1 Å². The SMILES string of the molecule is C#CC[C@H](CC(=O)O)NC(=O)OCc1ccccc1. The zero-order valence-electron chi connectivity index (χ0n) is 10.3. The van der Waals surface area contributed by atoms with E-state index in [1.54, 1.807) is 0 Å². The average Bonchev–Trinajstić information content (AvgIpc) is 2.37. The van der Waals surface area contributed by atoms with Crippen LogP contribution in [0.15, 0.2) is 30.3 Å². The minimum absolute atomic E-state index is 0.127. The Balaban J connectivity index is 2.40. The molecule has 0 radical (unpaired) electrons. The predicted octanol–water partition coefficient (Wildman–Crippen LogP) is 1.78. The molecule has 0 saturated heterocycles. The highest BCUT2D eigenvalue weighted by atomic mass is 16.5. The second-order valence-corrected chi connectivity index (χ2v) is 3.91. The van der Waals surface area contributed by atoms with Crippen molar-refractivity contribution in [2.75, 3.05) is 0 Å². The van der Waals surface area contributed by atoms with E-state index in [9.17, 15) is 9.59 Å². The molecular formula is C14H15NO4. The third kappa shape index (κ3) is 6.13. The zero-order valence-corrected chi connectivity index (χ0v) is 10.3. The lowest BCUT2D eigenvalue weighted by Gasteiger charge is -2.14. The van der Waals surface area contributed by atoms with Crippen LogP contribution in [0.1, 0.15) is 18.4 Å². The van der Waals surface area contributed by atoms with Gasteiger partial charge < -0.3 is 15.2 Å². The largest absolute Gasteiger partial charge is 0.481 e. The van der Waals surface area contributed by atoms with Crippen molar-refractivity contribution in [3.05, 3.63) is 35.9 Å². The summed E-state index contributed by atoms with van der Waals surface area (Å²) in [4.78, 5) is 22.1. The molecule has 19 heavy (non-hydrogen) atoms. The first-order chi connectivity index (χ1) is 9.11. The van der Waals surface area contributed by atoms with E-state index in [0.717, 1.165) is 5.56 Å². The first-order valence-corrected chi connectivity index (χ1v) is 5.74. The number of carbonyl (C=O) groups is 2. The summed E-state index contributed by atoms with van der Waals surface area (Å²) in [5.41, 5.74) is 0.851. The Morgan fingerprint density at radius 2 is 2.05 bits per heavy atom. The van der Waals surface area contributed by atoms with E-state index >= 15 is 0 Å². The highest BCUT2D eigenvalue weighted by Gasteiger charge is 2.15. The van der Waals surface area contributed by atoms with Gasteiger partial charge in [-0.05, 0) is 5.56 Å². The molecule has 0 bridgehead atoms. The molecule has 0 spiro atoms. The number of alkyl carbamates (subject to hydrolysis) is 1. The molecule has 0 heterocycles. The van der Waals surface area contributed by atoms with Gasteiger partial charge in [0.25, 0.3) is 0 Å². The topological polar surface area (TPSA) is 75.6 Å². The number of benzene rings is 1. The maximum atomic E-state index is 11.5. The predicted molar refractivity (Wildman–Crippen MR) is 69.3 cm³/mol. The van der Waals surface area contributed by atoms with Gasteiger partial charge in [0, 0.05) is 6.42 Å². The van der Waals surface area contributed by atoms with E-state index in [2.05, 4.69) is 11.2 Å². The van der Waals surface area contributed by atoms with Crippen molar-refractivity contribution in [2.45, 2.75) is 25.5 Å². The van der Waals surface area contributed by atoms with Gasteiger partial charge in [0.05, 0.1) is 12.5 Å². The quantitative estimate of drug-likeness (QED) is 0.765. The van der Waals surface area contributed by atoms with Crippen LogP contribution in [0, 0.1) is 12.3 Å². The number of rotatable bonds is 6. The van der Waals surface area contributed by atoms with Crippen LogP contribution in [0.4, 0.5) is 4.79 Å². The Labute approximate surface area is 111 Å². The number of nitrogens with one attached hydrogen (secondary N) is 1. The van der Waals surface area contributed by atoms with Gasteiger partial charge >= 0.3 is 12.1 Å². The third-order valence-corrected chi connectivity index (χ3v) is 2.32. The second kappa shape index (κ2) is 7.77. The van der Waals surface area contributed by atoms with Crippen LogP contribution in [0.5, 0.6) is 0 Å². The van der Waals surface area contributed by atoms with Gasteiger partial charge in [0.1, 0.15) is 6.61 Å². The summed E-state index contributed by atoms with van der Waals surface area (Å²) in [6.07, 6.45) is 4.35. The number of carboxylic acid groups (broad SMARTS) is 1. The molecule has 0 aromatic heterocycles. The van der Waals surface area contributed by atoms with Crippen molar-refractivity contribution in [1.82, 2.24) is 5.32 Å². The Morgan fingerprint density at radius 1 is 1.37 bits per heavy atom. The molecule has 1 rings (SSSR count). The van der Waals surface area contributed by atoms with Gasteiger partial charge in [-0.2, -0.15) is 0 Å². The molecular weight excluding hydrogens is 246 g/mol. The maximum absolute atomic E-state index is 11.5. The van der Waals surface area contributed by atoms with Crippen LogP contribution >= 0.6 is 0 Å². The molecule has 0 fully saturated rings. The zero-order chi connectivity index (χ0) is 14.1. The number of ether oxygens (including phenoxy) is 1. The van der Waals surface area contributed by atoms with Gasteiger partial charge in [0.15, 0.2) is 0 Å². The van der Waals surface area contributed by atoms with Gasteiger partial charge in [-0.3, -0.25) is 4.79 Å². The summed E-state index contributed by atoms with van der Waals surface area (Å²) in [5.74, 6) is 1.29. The standard InChI is InChI=1S/C14H15NO4/c1-2-6-12(9-13(16)17)15-14(18)19-10-11-7-4-3-5-8-11/h1,3-5,7-8,12H,6,9-10H2,(H,15,18)(H,16,17)/t12-/m1/s1. The minimum Gasteiger partial charge on any atom is -0.481 e. The molecule has 0 aliphatic rings. The normalized spacial score (nSPS) is 11.1. The lowest BCUT2D eigenvalue weighted by molar-refractivity contribution is -0.137. The second-order valence-electron chi connectivity index (χ2n) is 3.91. The van der Waals surface area contributed by atoms with Gasteiger partial charge in [-0.15, -0.1) is 12.3 Å². The van der Waals surface area contributed by atoms with Crippen LogP contribution < -0.4 is 5.32 Å². The highest BCUT2D eigenvalue weighted by molar-refractivity contribution is 5.71. The van der Waals surface area contributed by atoms with E-state index in [-0.39, 0.29) is 19.4 Å². The van der Waals surface area contributed by atoms with Crippen molar-refractivity contribution in [3.63, 3.8) is 0 Å². The summed E-state index contributed by atoms with van der Waals surface area (Å²) < 4.78 is 4.97. The fourth-order valence-corrected chi connectivity index (χ4v) is 1.46. The molecule has 1 atom stereocenters. The highest BCUT2D eigenvalue weighted by Crippen LogP contribution is 2.02. The molecule has 5 nitrogen and oxygen atoms in total. The van der Waals surface area contributed by atoms with E-state index in [0.29, 0.717) is 0 Å². The van der Waals surface area contributed by atoms with E-state index in [1.807, 2.05) is 30.3 Å². The molecule has 0 aliphatic carbocycles. The van der Waals surface area contributed by atoms with Crippen LogP contribution in [0.25, 0.3) is 0 Å². The molecule has 1 amide bonds. The Morgan fingerprint density at radius 3 is 2.63 bits per heavy atom. The van der Waals surface area contributed by atoms with Crippen LogP contribution in [-0.4, -0.2) is 23.2 Å². The number of carboxylic acids is 1. The van der Waals surface area contributed by atoms with Crippen molar-refractivity contribution in [3.8, 4) is 12.3 Å². The molecule has 1 aromatic carbocycles. The summed E-state index contributed by atoms with van der Waals surface area (Å²) in [5, 5.41) is 11.1. The van der Waals surface area contributed by atoms with Crippen LogP contribution in [0.2, 0.25) is 0 Å². The average molecular weight is 261 g/mol. The fraction of sp³-hybridized carbons (Fsp3) is 0.286. The number of hydrogen-bond donors (Lipinski definition) is 2. The van der Waals surface area contributed by atoms with Crippen molar-refractivity contribution in [1.29, 1.82) is 0 Å².